The third kappa shape index (κ3) is 4.40. The molecule has 11 heteroatoms. The second-order valence-corrected chi connectivity index (χ2v) is 10.2. The van der Waals surface area contributed by atoms with Crippen molar-refractivity contribution < 1.29 is 21.6 Å². The van der Waals surface area contributed by atoms with E-state index in [2.05, 4.69) is 16.0 Å². The smallest absolute Gasteiger partial charge is 0.320 e. The zero-order valence-corrected chi connectivity index (χ0v) is 19.5. The molecule has 0 radical (unpaired) electrons. The van der Waals surface area contributed by atoms with Gasteiger partial charge in [0.2, 0.25) is 10.0 Å². The molecule has 1 N–H and O–H groups in total. The van der Waals surface area contributed by atoms with Crippen LogP contribution in [-0.4, -0.2) is 35.2 Å². The van der Waals surface area contributed by atoms with Gasteiger partial charge in [0.1, 0.15) is 22.7 Å². The Kier molecular flexibility index (Phi) is 6.40. The molecule has 34 heavy (non-hydrogen) atoms. The van der Waals surface area contributed by atoms with Crippen LogP contribution in [-0.2, 0) is 16.4 Å². The molecule has 3 aromatic rings. The molecule has 0 aliphatic heterocycles. The highest BCUT2D eigenvalue weighted by Gasteiger charge is 2.39. The van der Waals surface area contributed by atoms with Crippen LogP contribution in [0.3, 0.4) is 0 Å². The van der Waals surface area contributed by atoms with Crippen molar-refractivity contribution in [2.75, 3.05) is 0 Å². The lowest BCUT2D eigenvalue weighted by molar-refractivity contribution is -0.147. The number of nitrogens with zero attached hydrogens (tertiary/aromatic N) is 4. The summed E-state index contributed by atoms with van der Waals surface area (Å²) in [7, 11) is -4.43. The molecular weight excluding hydrogens is 467 g/mol. The Labute approximate surface area is 195 Å². The highest BCUT2D eigenvalue weighted by atomic mass is 32.2. The van der Waals surface area contributed by atoms with Gasteiger partial charge in [-0.3, -0.25) is 4.98 Å². The number of fused-ring (bicyclic) bond motifs is 1. The van der Waals surface area contributed by atoms with Crippen LogP contribution in [0.2, 0.25) is 0 Å². The quantitative estimate of drug-likeness (QED) is 0.530. The number of hydrogen-bond acceptors (Lipinski definition) is 5. The minimum Gasteiger partial charge on any atom is -0.320 e. The molecule has 4 rings (SSSR count). The molecule has 0 bridgehead atoms. The highest BCUT2D eigenvalue weighted by molar-refractivity contribution is 7.89. The molecule has 0 amide bonds. The van der Waals surface area contributed by atoms with Crippen molar-refractivity contribution >= 4 is 21.1 Å². The summed E-state index contributed by atoms with van der Waals surface area (Å²) in [5.74, 6) is 0. The zero-order chi connectivity index (χ0) is 24.7. The van der Waals surface area contributed by atoms with E-state index in [9.17, 15) is 26.9 Å². The molecule has 3 aromatic heterocycles. The van der Waals surface area contributed by atoms with E-state index < -0.39 is 22.2 Å². The monoisotopic (exact) mass is 491 g/mol. The van der Waals surface area contributed by atoms with Crippen LogP contribution in [0.5, 0.6) is 0 Å². The van der Waals surface area contributed by atoms with E-state index in [1.54, 1.807) is 10.9 Å². The summed E-state index contributed by atoms with van der Waals surface area (Å²) in [4.78, 5) is 8.51. The molecule has 0 aromatic carbocycles. The van der Waals surface area contributed by atoms with Gasteiger partial charge >= 0.3 is 6.18 Å². The number of aryl methyl sites for hydroxylation is 1. The molecule has 1 aliphatic rings. The number of hydrogen-bond donors (Lipinski definition) is 1. The molecule has 0 spiro atoms. The first-order valence-electron chi connectivity index (χ1n) is 11.0. The predicted octanol–water partition coefficient (Wildman–Crippen LogP) is 4.88. The van der Waals surface area contributed by atoms with E-state index in [0.717, 1.165) is 50.8 Å². The first kappa shape index (κ1) is 24.2. The van der Waals surface area contributed by atoms with Crippen molar-refractivity contribution in [2.24, 2.45) is 0 Å². The summed E-state index contributed by atoms with van der Waals surface area (Å²) in [6, 6.07) is 4.71. The molecule has 1 fully saturated rings. The van der Waals surface area contributed by atoms with Gasteiger partial charge in [-0.1, -0.05) is 19.8 Å². The summed E-state index contributed by atoms with van der Waals surface area (Å²) < 4.78 is 67.0. The minimum absolute atomic E-state index is 0.124. The Morgan fingerprint density at radius 2 is 1.94 bits per heavy atom. The van der Waals surface area contributed by atoms with Crippen molar-refractivity contribution in [3.63, 3.8) is 0 Å². The fraction of sp³-hybridized carbons (Fsp3) is 0.435. The van der Waals surface area contributed by atoms with E-state index in [-0.39, 0.29) is 10.9 Å². The molecule has 1 aliphatic carbocycles. The van der Waals surface area contributed by atoms with Crippen molar-refractivity contribution in [1.82, 2.24) is 19.3 Å². The van der Waals surface area contributed by atoms with Crippen LogP contribution in [0.4, 0.5) is 13.2 Å². The summed E-state index contributed by atoms with van der Waals surface area (Å²) in [5, 5.41) is 10.7. The second-order valence-electron chi connectivity index (χ2n) is 8.48. The highest BCUT2D eigenvalue weighted by Crippen LogP contribution is 2.40. The average molecular weight is 492 g/mol. The van der Waals surface area contributed by atoms with Crippen molar-refractivity contribution in [2.45, 2.75) is 69.1 Å². The zero-order valence-electron chi connectivity index (χ0n) is 18.7. The number of rotatable bonds is 6. The van der Waals surface area contributed by atoms with Gasteiger partial charge in [-0.2, -0.15) is 23.2 Å². The minimum atomic E-state index is -4.71. The summed E-state index contributed by atoms with van der Waals surface area (Å²) in [6.45, 7) is 2.73. The van der Waals surface area contributed by atoms with Crippen molar-refractivity contribution in [3.8, 4) is 17.5 Å². The maximum absolute atomic E-state index is 12.8. The number of nitrogens with one attached hydrogen (secondary N) is 1. The van der Waals surface area contributed by atoms with Crippen LogP contribution in [0.1, 0.15) is 56.7 Å². The summed E-state index contributed by atoms with van der Waals surface area (Å²) >= 11 is 0. The van der Waals surface area contributed by atoms with E-state index in [0.29, 0.717) is 28.0 Å². The Hall–Kier alpha value is -2.97. The van der Waals surface area contributed by atoms with E-state index in [4.69, 9.17) is 0 Å². The Morgan fingerprint density at radius 3 is 2.50 bits per heavy atom. The topological polar surface area (TPSA) is 101 Å². The molecule has 0 unspecified atom stereocenters. The number of sulfonamides is 1. The number of halogens is 3. The number of aromatic nitrogens is 3. The molecule has 1 atom stereocenters. The van der Waals surface area contributed by atoms with E-state index >= 15 is 0 Å². The fourth-order valence-electron chi connectivity index (χ4n) is 4.35. The van der Waals surface area contributed by atoms with Gasteiger partial charge < -0.3 is 4.57 Å². The molecular formula is C23H24F3N5O2S. The standard InChI is InChI=1S/C23H24F3N5O2S/c1-3-15-10-18-19(11-27)21(31(22(18)29-12-15)16-6-4-5-7-16)20-9-8-17(13-28-20)34(32,33)30-14(2)23(24,25)26/h8-10,12-14,16,30H,3-7H2,1-2H3/t14-/m0/s1. The lowest BCUT2D eigenvalue weighted by Gasteiger charge is -2.18. The third-order valence-electron chi connectivity index (χ3n) is 6.22. The molecule has 180 valence electrons. The van der Waals surface area contributed by atoms with Crippen LogP contribution in [0.25, 0.3) is 22.4 Å². The average Bonchev–Trinajstić information content (AvgIpc) is 3.43. The number of pyridine rings is 2. The van der Waals surface area contributed by atoms with E-state index in [1.807, 2.05) is 17.6 Å². The maximum atomic E-state index is 12.8. The maximum Gasteiger partial charge on any atom is 0.404 e. The van der Waals surface area contributed by atoms with Crippen LogP contribution >= 0.6 is 0 Å². The van der Waals surface area contributed by atoms with Crippen molar-refractivity contribution in [1.29, 1.82) is 5.26 Å². The van der Waals surface area contributed by atoms with Gasteiger partial charge in [0, 0.05) is 23.8 Å². The molecule has 1 saturated carbocycles. The number of alkyl halides is 3. The summed E-state index contributed by atoms with van der Waals surface area (Å²) in [6.07, 6.45) is 2.79. The normalized spacial score (nSPS) is 16.1. The van der Waals surface area contributed by atoms with E-state index in [1.165, 1.54) is 12.1 Å². The number of nitriles is 1. The van der Waals surface area contributed by atoms with Gasteiger partial charge in [0.15, 0.2) is 0 Å². The van der Waals surface area contributed by atoms with Crippen LogP contribution in [0, 0.1) is 11.3 Å². The Balaban J connectivity index is 1.82. The molecule has 7 nitrogen and oxygen atoms in total. The largest absolute Gasteiger partial charge is 0.404 e. The van der Waals surface area contributed by atoms with Crippen LogP contribution in [0.15, 0.2) is 35.5 Å². The summed E-state index contributed by atoms with van der Waals surface area (Å²) in [5.41, 5.74) is 2.97. The lowest BCUT2D eigenvalue weighted by atomic mass is 10.1. The van der Waals surface area contributed by atoms with Gasteiger partial charge in [-0.15, -0.1) is 0 Å². The molecule has 3 heterocycles. The Morgan fingerprint density at radius 1 is 1.24 bits per heavy atom. The molecule has 0 saturated heterocycles. The van der Waals surface area contributed by atoms with Gasteiger partial charge in [-0.05, 0) is 49.9 Å². The van der Waals surface area contributed by atoms with Crippen LogP contribution < -0.4 is 4.72 Å². The van der Waals surface area contributed by atoms with Gasteiger partial charge in [0.25, 0.3) is 0 Å². The van der Waals surface area contributed by atoms with Crippen molar-refractivity contribution in [3.05, 3.63) is 41.7 Å². The van der Waals surface area contributed by atoms with Gasteiger partial charge in [0.05, 0.1) is 17.0 Å². The third-order valence-corrected chi connectivity index (χ3v) is 7.75. The lowest BCUT2D eigenvalue weighted by Crippen LogP contribution is -2.42. The first-order valence-corrected chi connectivity index (χ1v) is 12.5. The SMILES string of the molecule is CCc1cnc2c(c1)c(C#N)c(-c1ccc(S(=O)(=O)N[C@@H](C)C(F)(F)F)cn1)n2C1CCCC1. The van der Waals surface area contributed by atoms with Gasteiger partial charge in [-0.25, -0.2) is 13.4 Å². The predicted molar refractivity (Wildman–Crippen MR) is 120 cm³/mol. The first-order chi connectivity index (χ1) is 16.1. The second kappa shape index (κ2) is 9.00. The fourth-order valence-corrected chi connectivity index (χ4v) is 5.53. The Bertz CT molecular complexity index is 1350.